The standard InChI is InChI=1S/C27H42ClN3O3/c1-8-19(4)22(24(32)34-26(5,6)7)29-25(33)30-15-13-27(14-16-30)17-31(18(2)3)23(27)20-9-11-21(28)12-10-20/h9-12,18-19,22-23H,8,13-17H2,1-7H3,(H,29,33)/t19-,22-,23?/m0/s1. The summed E-state index contributed by atoms with van der Waals surface area (Å²) in [6, 6.07) is 8.19. The molecule has 0 saturated carbocycles. The number of ether oxygens (including phenoxy) is 1. The summed E-state index contributed by atoms with van der Waals surface area (Å²) >= 11 is 6.14. The first-order valence-electron chi connectivity index (χ1n) is 12.7. The third kappa shape index (κ3) is 5.88. The predicted octanol–water partition coefficient (Wildman–Crippen LogP) is 5.65. The quantitative estimate of drug-likeness (QED) is 0.522. The maximum atomic E-state index is 13.2. The van der Waals surface area contributed by atoms with Crippen molar-refractivity contribution < 1.29 is 14.3 Å². The Labute approximate surface area is 210 Å². The summed E-state index contributed by atoms with van der Waals surface area (Å²) in [5.41, 5.74) is 0.869. The van der Waals surface area contributed by atoms with Crippen molar-refractivity contribution in [1.82, 2.24) is 15.1 Å². The first-order chi connectivity index (χ1) is 15.9. The van der Waals surface area contributed by atoms with E-state index in [0.29, 0.717) is 25.2 Å². The zero-order valence-corrected chi connectivity index (χ0v) is 22.6. The summed E-state index contributed by atoms with van der Waals surface area (Å²) in [5, 5.41) is 3.74. The summed E-state index contributed by atoms with van der Waals surface area (Å²) in [6.45, 7) is 16.4. The number of likely N-dealkylation sites (tertiary alicyclic amines) is 2. The van der Waals surface area contributed by atoms with Crippen molar-refractivity contribution in [2.45, 2.75) is 91.5 Å². The summed E-state index contributed by atoms with van der Waals surface area (Å²) in [7, 11) is 0. The molecule has 3 rings (SSSR count). The number of rotatable bonds is 6. The van der Waals surface area contributed by atoms with E-state index < -0.39 is 11.6 Å². The minimum Gasteiger partial charge on any atom is -0.458 e. The van der Waals surface area contributed by atoms with Gasteiger partial charge in [0.15, 0.2) is 0 Å². The SMILES string of the molecule is CC[C@H](C)[C@H](NC(=O)N1CCC2(CC1)CN(C(C)C)C2c1ccc(Cl)cc1)C(=O)OC(C)(C)C. The monoisotopic (exact) mass is 491 g/mol. The Kier molecular flexibility index (Phi) is 8.24. The molecule has 2 saturated heterocycles. The zero-order chi connectivity index (χ0) is 25.3. The van der Waals surface area contributed by atoms with Crippen LogP contribution in [0.1, 0.15) is 79.3 Å². The van der Waals surface area contributed by atoms with Gasteiger partial charge in [-0.2, -0.15) is 0 Å². The number of nitrogens with one attached hydrogen (secondary N) is 1. The lowest BCUT2D eigenvalue weighted by Gasteiger charge is -2.62. The van der Waals surface area contributed by atoms with Crippen molar-refractivity contribution in [2.75, 3.05) is 19.6 Å². The molecule has 3 atom stereocenters. The van der Waals surface area contributed by atoms with Gasteiger partial charge in [-0.15, -0.1) is 0 Å². The summed E-state index contributed by atoms with van der Waals surface area (Å²) in [4.78, 5) is 30.4. The Bertz CT molecular complexity index is 857. The lowest BCUT2D eigenvalue weighted by Crippen LogP contribution is -2.64. The molecular formula is C27H42ClN3O3. The number of benzene rings is 1. The van der Waals surface area contributed by atoms with Gasteiger partial charge in [-0.05, 0) is 71.1 Å². The number of carbonyl (C=O) groups excluding carboxylic acids is 2. The molecule has 0 aliphatic carbocycles. The van der Waals surface area contributed by atoms with E-state index in [-0.39, 0.29) is 23.3 Å². The maximum absolute atomic E-state index is 13.2. The summed E-state index contributed by atoms with van der Waals surface area (Å²) < 4.78 is 5.59. The van der Waals surface area contributed by atoms with Gasteiger partial charge in [-0.25, -0.2) is 9.59 Å². The highest BCUT2D eigenvalue weighted by atomic mass is 35.5. The molecule has 0 bridgehead atoms. The van der Waals surface area contributed by atoms with E-state index in [1.54, 1.807) is 0 Å². The van der Waals surface area contributed by atoms with Crippen molar-refractivity contribution in [3.63, 3.8) is 0 Å². The van der Waals surface area contributed by atoms with E-state index in [0.717, 1.165) is 30.8 Å². The van der Waals surface area contributed by atoms with Crippen LogP contribution in [0, 0.1) is 11.3 Å². The van der Waals surface area contributed by atoms with E-state index in [2.05, 4.69) is 36.2 Å². The van der Waals surface area contributed by atoms with Crippen molar-refractivity contribution in [3.8, 4) is 0 Å². The number of urea groups is 1. The van der Waals surface area contributed by atoms with Crippen molar-refractivity contribution in [1.29, 1.82) is 0 Å². The summed E-state index contributed by atoms with van der Waals surface area (Å²) in [6.07, 6.45) is 2.66. The molecular weight excluding hydrogens is 450 g/mol. The Morgan fingerprint density at radius 3 is 2.24 bits per heavy atom. The number of halogens is 1. The normalized spacial score (nSPS) is 22.3. The molecule has 190 valence electrons. The second-order valence-corrected chi connectivity index (χ2v) is 11.9. The first kappa shape index (κ1) is 26.8. The number of hydrogen-bond donors (Lipinski definition) is 1. The van der Waals surface area contributed by atoms with Crippen LogP contribution in [0.3, 0.4) is 0 Å². The van der Waals surface area contributed by atoms with Gasteiger partial charge in [0.1, 0.15) is 11.6 Å². The molecule has 1 spiro atoms. The van der Waals surface area contributed by atoms with Crippen LogP contribution < -0.4 is 5.32 Å². The summed E-state index contributed by atoms with van der Waals surface area (Å²) in [5.74, 6) is -0.367. The molecule has 2 heterocycles. The highest BCUT2D eigenvalue weighted by Gasteiger charge is 2.55. The molecule has 34 heavy (non-hydrogen) atoms. The third-order valence-corrected chi connectivity index (χ3v) is 7.71. The highest BCUT2D eigenvalue weighted by molar-refractivity contribution is 6.30. The van der Waals surface area contributed by atoms with Gasteiger partial charge in [0, 0.05) is 42.2 Å². The lowest BCUT2D eigenvalue weighted by atomic mass is 9.62. The molecule has 1 N–H and O–H groups in total. The van der Waals surface area contributed by atoms with Crippen LogP contribution in [0.2, 0.25) is 5.02 Å². The second-order valence-electron chi connectivity index (χ2n) is 11.4. The third-order valence-electron chi connectivity index (χ3n) is 7.46. The van der Waals surface area contributed by atoms with Crippen molar-refractivity contribution >= 4 is 23.6 Å². The fourth-order valence-corrected chi connectivity index (χ4v) is 5.42. The van der Waals surface area contributed by atoms with Crippen LogP contribution in [0.5, 0.6) is 0 Å². The Morgan fingerprint density at radius 1 is 1.15 bits per heavy atom. The lowest BCUT2D eigenvalue weighted by molar-refractivity contribution is -0.158. The van der Waals surface area contributed by atoms with Gasteiger partial charge in [-0.3, -0.25) is 4.90 Å². The van der Waals surface area contributed by atoms with E-state index >= 15 is 0 Å². The second kappa shape index (κ2) is 10.4. The fraction of sp³-hybridized carbons (Fsp3) is 0.704. The van der Waals surface area contributed by atoms with Gasteiger partial charge >= 0.3 is 12.0 Å². The van der Waals surface area contributed by atoms with Crippen molar-refractivity contribution in [2.24, 2.45) is 11.3 Å². The van der Waals surface area contributed by atoms with Gasteiger partial charge in [0.25, 0.3) is 0 Å². The van der Waals surface area contributed by atoms with Gasteiger partial charge in [-0.1, -0.05) is 44.0 Å². The number of carbonyl (C=O) groups is 2. The maximum Gasteiger partial charge on any atom is 0.329 e. The first-order valence-corrected chi connectivity index (χ1v) is 13.0. The van der Waals surface area contributed by atoms with Gasteiger partial charge in [0.2, 0.25) is 0 Å². The Balaban J connectivity index is 1.67. The molecule has 1 aromatic carbocycles. The van der Waals surface area contributed by atoms with E-state index in [1.807, 2.05) is 51.7 Å². The minimum absolute atomic E-state index is 0.00421. The van der Waals surface area contributed by atoms with Crippen LogP contribution in [0.25, 0.3) is 0 Å². The highest BCUT2D eigenvalue weighted by Crippen LogP contribution is 2.55. The molecule has 2 aliphatic rings. The van der Waals surface area contributed by atoms with E-state index in [4.69, 9.17) is 16.3 Å². The van der Waals surface area contributed by atoms with Gasteiger partial charge < -0.3 is 15.0 Å². The zero-order valence-electron chi connectivity index (χ0n) is 21.9. The number of hydrogen-bond acceptors (Lipinski definition) is 4. The molecule has 7 heteroatoms. The molecule has 2 amide bonds. The van der Waals surface area contributed by atoms with E-state index in [9.17, 15) is 9.59 Å². The minimum atomic E-state index is -0.644. The number of piperidine rings is 1. The molecule has 6 nitrogen and oxygen atoms in total. The van der Waals surface area contributed by atoms with E-state index in [1.165, 1.54) is 5.56 Å². The molecule has 1 unspecified atom stereocenters. The Hall–Kier alpha value is -1.79. The number of esters is 1. The largest absolute Gasteiger partial charge is 0.458 e. The van der Waals surface area contributed by atoms with Crippen LogP contribution in [-0.2, 0) is 9.53 Å². The smallest absolute Gasteiger partial charge is 0.329 e. The average Bonchev–Trinajstić information content (AvgIpc) is 2.75. The van der Waals surface area contributed by atoms with Crippen LogP contribution in [0.15, 0.2) is 24.3 Å². The van der Waals surface area contributed by atoms with Crippen LogP contribution >= 0.6 is 11.6 Å². The molecule has 2 aliphatic heterocycles. The Morgan fingerprint density at radius 2 is 1.74 bits per heavy atom. The fourth-order valence-electron chi connectivity index (χ4n) is 5.30. The number of nitrogens with zero attached hydrogens (tertiary/aromatic N) is 2. The molecule has 0 aromatic heterocycles. The van der Waals surface area contributed by atoms with Gasteiger partial charge in [0.05, 0.1) is 0 Å². The molecule has 1 aromatic rings. The van der Waals surface area contributed by atoms with Crippen LogP contribution in [0.4, 0.5) is 4.79 Å². The number of amides is 2. The molecule has 2 fully saturated rings. The van der Waals surface area contributed by atoms with Crippen molar-refractivity contribution in [3.05, 3.63) is 34.9 Å². The van der Waals surface area contributed by atoms with Crippen LogP contribution in [-0.4, -0.2) is 59.1 Å². The average molecular weight is 492 g/mol. The topological polar surface area (TPSA) is 61.9 Å². The molecule has 0 radical (unpaired) electrons. The predicted molar refractivity (Wildman–Crippen MR) is 137 cm³/mol.